The van der Waals surface area contributed by atoms with Crippen molar-refractivity contribution in [2.45, 2.75) is 65.0 Å². The van der Waals surface area contributed by atoms with Crippen molar-refractivity contribution < 1.29 is 19.0 Å². The van der Waals surface area contributed by atoms with Gasteiger partial charge >= 0.3 is 0 Å². The smallest absolute Gasteiger partial charge is 0.251 e. The van der Waals surface area contributed by atoms with Gasteiger partial charge in [0.25, 0.3) is 5.91 Å². The summed E-state index contributed by atoms with van der Waals surface area (Å²) in [5.41, 5.74) is 2.06. The number of aliphatic hydroxyl groups is 1. The fraction of sp³-hybridized carbons (Fsp3) is 0.429. The van der Waals surface area contributed by atoms with E-state index >= 15 is 4.39 Å². The predicted octanol–water partition coefficient (Wildman–Crippen LogP) is 5.69. The molecule has 1 aromatic heterocycles. The van der Waals surface area contributed by atoms with Gasteiger partial charge in [0.2, 0.25) is 0 Å². The first-order chi connectivity index (χ1) is 16.9. The summed E-state index contributed by atoms with van der Waals surface area (Å²) < 4.78 is 22.7. The molecule has 0 radical (unpaired) electrons. The topological polar surface area (TPSA) is 76.4 Å². The molecule has 3 rings (SSSR count). The molecule has 0 saturated heterocycles. The highest BCUT2D eigenvalue weighted by Crippen LogP contribution is 2.28. The normalized spacial score (nSPS) is 12.6. The van der Waals surface area contributed by atoms with Crippen molar-refractivity contribution in [1.29, 1.82) is 0 Å². The number of aryl methyl sites for hydroxylation is 1. The summed E-state index contributed by atoms with van der Waals surface area (Å²) >= 11 is 6.27. The zero-order chi connectivity index (χ0) is 26.6. The molecular formula is C28H35ClFN3O3. The lowest BCUT2D eigenvalue weighted by Crippen LogP contribution is -2.37. The highest BCUT2D eigenvalue weighted by Gasteiger charge is 2.22. The summed E-state index contributed by atoms with van der Waals surface area (Å²) in [4.78, 5) is 17.5. The fourth-order valence-electron chi connectivity index (χ4n) is 4.08. The van der Waals surface area contributed by atoms with Crippen LogP contribution in [0.3, 0.4) is 0 Å². The molecule has 2 N–H and O–H groups in total. The minimum atomic E-state index is -0.462. The number of imidazole rings is 1. The Morgan fingerprint density at radius 3 is 2.50 bits per heavy atom. The summed E-state index contributed by atoms with van der Waals surface area (Å²) in [6.07, 6.45) is 2.36. The second-order valence-corrected chi connectivity index (χ2v) is 10.7. The van der Waals surface area contributed by atoms with Crippen LogP contribution < -0.4 is 10.1 Å². The van der Waals surface area contributed by atoms with Gasteiger partial charge in [-0.15, -0.1) is 0 Å². The molecule has 0 spiro atoms. The maximum absolute atomic E-state index is 15.1. The lowest BCUT2D eigenvalue weighted by molar-refractivity contribution is 0.0930. The van der Waals surface area contributed by atoms with Crippen molar-refractivity contribution in [2.75, 3.05) is 6.61 Å². The average molecular weight is 516 g/mol. The van der Waals surface area contributed by atoms with Crippen molar-refractivity contribution >= 4 is 17.5 Å². The Kier molecular flexibility index (Phi) is 8.80. The van der Waals surface area contributed by atoms with E-state index in [9.17, 15) is 9.90 Å². The first kappa shape index (κ1) is 27.7. The summed E-state index contributed by atoms with van der Waals surface area (Å²) in [6, 6.07) is 9.37. The molecule has 2 aromatic carbocycles. The minimum Gasteiger partial charge on any atom is -0.489 e. The number of carbonyl (C=O) groups excluding carboxylic acids is 1. The zero-order valence-electron chi connectivity index (χ0n) is 21.7. The van der Waals surface area contributed by atoms with Crippen LogP contribution in [0.4, 0.5) is 4.39 Å². The van der Waals surface area contributed by atoms with E-state index in [-0.39, 0.29) is 42.7 Å². The number of aliphatic hydroxyl groups excluding tert-OH is 1. The van der Waals surface area contributed by atoms with Crippen molar-refractivity contribution in [1.82, 2.24) is 14.9 Å². The molecule has 1 atom stereocenters. The summed E-state index contributed by atoms with van der Waals surface area (Å²) in [5, 5.41) is 12.7. The Bertz CT molecular complexity index is 1220. The number of benzene rings is 2. The molecule has 8 heteroatoms. The van der Waals surface area contributed by atoms with Crippen LogP contribution in [0.2, 0.25) is 5.02 Å². The number of hydrogen-bond acceptors (Lipinski definition) is 4. The number of nitrogens with zero attached hydrogens (tertiary/aromatic N) is 2. The maximum atomic E-state index is 15.1. The highest BCUT2D eigenvalue weighted by atomic mass is 35.5. The van der Waals surface area contributed by atoms with Gasteiger partial charge < -0.3 is 19.7 Å². The predicted molar refractivity (Wildman–Crippen MR) is 141 cm³/mol. The molecule has 3 aromatic rings. The average Bonchev–Trinajstić information content (AvgIpc) is 3.18. The number of aromatic nitrogens is 2. The van der Waals surface area contributed by atoms with Crippen LogP contribution in [0.25, 0.3) is 11.3 Å². The van der Waals surface area contributed by atoms with Crippen LogP contribution in [0.1, 0.15) is 62.8 Å². The molecule has 0 bridgehead atoms. The number of hydrogen-bond donors (Lipinski definition) is 2. The van der Waals surface area contributed by atoms with Gasteiger partial charge in [-0.25, -0.2) is 9.37 Å². The molecule has 6 nitrogen and oxygen atoms in total. The molecule has 0 fully saturated rings. The maximum Gasteiger partial charge on any atom is 0.251 e. The van der Waals surface area contributed by atoms with Gasteiger partial charge in [0.15, 0.2) is 0 Å². The molecule has 36 heavy (non-hydrogen) atoms. The Morgan fingerprint density at radius 1 is 1.22 bits per heavy atom. The third kappa shape index (κ3) is 6.86. The summed E-state index contributed by atoms with van der Waals surface area (Å²) in [7, 11) is 1.93. The second-order valence-electron chi connectivity index (χ2n) is 10.3. The van der Waals surface area contributed by atoms with Crippen molar-refractivity contribution in [3.63, 3.8) is 0 Å². The van der Waals surface area contributed by atoms with Crippen molar-refractivity contribution in [3.8, 4) is 17.0 Å². The number of amides is 1. The molecule has 1 amide bonds. The number of nitrogens with one attached hydrogen (secondary N) is 1. The minimum absolute atomic E-state index is 0.0457. The second kappa shape index (κ2) is 11.4. The first-order valence-electron chi connectivity index (χ1n) is 12.1. The van der Waals surface area contributed by atoms with Crippen LogP contribution in [-0.4, -0.2) is 39.3 Å². The monoisotopic (exact) mass is 515 g/mol. The Labute approximate surface area is 217 Å². The van der Waals surface area contributed by atoms with Gasteiger partial charge in [0, 0.05) is 42.4 Å². The standard InChI is InChI=1S/C28H35ClFN3O3/c1-17(2)36-25-10-9-20(14-22(25)29)26(35)31-21(11-12-34)13-18-7-8-19(15-23(18)30)24-16-33(6)27(32-24)28(3,4)5/h7-10,14-17,21,34H,11-13H2,1-6H3,(H,31,35)/t21-/m1/s1. The van der Waals surface area contributed by atoms with Gasteiger partial charge in [0.1, 0.15) is 17.4 Å². The van der Waals surface area contributed by atoms with Gasteiger partial charge in [0.05, 0.1) is 16.8 Å². The van der Waals surface area contributed by atoms with Crippen molar-refractivity contribution in [2.24, 2.45) is 7.05 Å². The Balaban J connectivity index is 1.75. The lowest BCUT2D eigenvalue weighted by atomic mass is 9.96. The zero-order valence-corrected chi connectivity index (χ0v) is 22.5. The Morgan fingerprint density at radius 2 is 1.94 bits per heavy atom. The highest BCUT2D eigenvalue weighted by molar-refractivity contribution is 6.32. The van der Waals surface area contributed by atoms with Gasteiger partial charge in [-0.05, 0) is 56.5 Å². The number of rotatable bonds is 9. The van der Waals surface area contributed by atoms with E-state index in [0.29, 0.717) is 33.2 Å². The third-order valence-electron chi connectivity index (χ3n) is 5.73. The molecule has 0 aliphatic carbocycles. The third-order valence-corrected chi connectivity index (χ3v) is 6.03. The van der Waals surface area contributed by atoms with E-state index in [1.807, 2.05) is 37.7 Å². The summed E-state index contributed by atoms with van der Waals surface area (Å²) in [6.45, 7) is 9.89. The largest absolute Gasteiger partial charge is 0.489 e. The van der Waals surface area contributed by atoms with Crippen LogP contribution in [-0.2, 0) is 18.9 Å². The molecule has 0 saturated carbocycles. The van der Waals surface area contributed by atoms with Crippen LogP contribution >= 0.6 is 11.6 Å². The quantitative estimate of drug-likeness (QED) is 0.384. The van der Waals surface area contributed by atoms with E-state index in [4.69, 9.17) is 21.3 Å². The molecule has 1 heterocycles. The van der Waals surface area contributed by atoms with E-state index < -0.39 is 6.04 Å². The van der Waals surface area contributed by atoms with Crippen LogP contribution in [0, 0.1) is 5.82 Å². The van der Waals surface area contributed by atoms with Gasteiger partial charge in [-0.3, -0.25) is 4.79 Å². The lowest BCUT2D eigenvalue weighted by Gasteiger charge is -2.19. The van der Waals surface area contributed by atoms with E-state index in [1.54, 1.807) is 24.3 Å². The molecule has 194 valence electrons. The van der Waals surface area contributed by atoms with E-state index in [1.165, 1.54) is 6.07 Å². The number of carbonyl (C=O) groups is 1. The van der Waals surface area contributed by atoms with Crippen LogP contribution in [0.5, 0.6) is 5.75 Å². The first-order valence-corrected chi connectivity index (χ1v) is 12.5. The van der Waals surface area contributed by atoms with Crippen LogP contribution in [0.15, 0.2) is 42.6 Å². The SMILES string of the molecule is CC(C)Oc1ccc(C(=O)N[C@H](CCO)Cc2ccc(-c3cn(C)c(C(C)(C)C)n3)cc2F)cc1Cl. The molecule has 0 aliphatic rings. The van der Waals surface area contributed by atoms with E-state index in [2.05, 4.69) is 26.1 Å². The van der Waals surface area contributed by atoms with Gasteiger partial charge in [-0.1, -0.05) is 44.5 Å². The number of halogens is 2. The molecule has 0 aliphatic heterocycles. The van der Waals surface area contributed by atoms with Crippen molar-refractivity contribution in [3.05, 3.63) is 70.4 Å². The fourth-order valence-corrected chi connectivity index (χ4v) is 4.31. The van der Waals surface area contributed by atoms with E-state index in [0.717, 1.165) is 5.82 Å². The number of ether oxygens (including phenoxy) is 1. The molecular weight excluding hydrogens is 481 g/mol. The summed E-state index contributed by atoms with van der Waals surface area (Å²) in [5.74, 6) is 0.675. The molecule has 0 unspecified atom stereocenters. The van der Waals surface area contributed by atoms with Gasteiger partial charge in [-0.2, -0.15) is 0 Å². The Hall–Kier alpha value is -2.90.